The van der Waals surface area contributed by atoms with Crippen molar-refractivity contribution in [3.8, 4) is 0 Å². The molecule has 0 aliphatic heterocycles. The maximum atomic E-state index is 12.7. The van der Waals surface area contributed by atoms with Crippen LogP contribution in [0.5, 0.6) is 0 Å². The van der Waals surface area contributed by atoms with Crippen molar-refractivity contribution in [1.82, 2.24) is 4.98 Å². The molecule has 0 saturated heterocycles. The van der Waals surface area contributed by atoms with Crippen LogP contribution < -0.4 is 0 Å². The molecule has 0 radical (unpaired) electrons. The van der Waals surface area contributed by atoms with E-state index in [4.69, 9.17) is 0 Å². The molecule has 0 saturated carbocycles. The molecule has 1 aromatic heterocycles. The molecule has 0 spiro atoms. The summed E-state index contributed by atoms with van der Waals surface area (Å²) >= 11 is 0. The lowest BCUT2D eigenvalue weighted by Crippen LogP contribution is -2.09. The van der Waals surface area contributed by atoms with Crippen molar-refractivity contribution in [2.24, 2.45) is 0 Å². The van der Waals surface area contributed by atoms with Gasteiger partial charge in [0.1, 0.15) is 11.9 Å². The minimum Gasteiger partial charge on any atom is -0.469 e. The molecule has 1 atom stereocenters. The Labute approximate surface area is 80.3 Å². The topological polar surface area (TPSA) is 59.4 Å². The molecule has 0 aliphatic carbocycles. The molecule has 14 heavy (non-hydrogen) atoms. The molecule has 0 aromatic carbocycles. The van der Waals surface area contributed by atoms with E-state index in [9.17, 15) is 14.3 Å². The first kappa shape index (κ1) is 10.6. The summed E-state index contributed by atoms with van der Waals surface area (Å²) in [7, 11) is 1.22. The summed E-state index contributed by atoms with van der Waals surface area (Å²) in [6.45, 7) is 0. The molecule has 1 heterocycles. The molecule has 0 amide bonds. The average Bonchev–Trinajstić information content (AvgIpc) is 2.17. The van der Waals surface area contributed by atoms with Crippen molar-refractivity contribution in [2.45, 2.75) is 12.5 Å². The quantitative estimate of drug-likeness (QED) is 0.732. The highest BCUT2D eigenvalue weighted by Gasteiger charge is 2.14. The van der Waals surface area contributed by atoms with Gasteiger partial charge in [-0.2, -0.15) is 0 Å². The average molecular weight is 199 g/mol. The summed E-state index contributed by atoms with van der Waals surface area (Å²) in [5, 5.41) is 9.42. The van der Waals surface area contributed by atoms with E-state index in [1.807, 2.05) is 0 Å². The molecule has 5 heteroatoms. The highest BCUT2D eigenvalue weighted by Crippen LogP contribution is 2.14. The molecule has 1 aromatic rings. The summed E-state index contributed by atoms with van der Waals surface area (Å²) in [5.74, 6) is -1.07. The maximum Gasteiger partial charge on any atom is 0.308 e. The van der Waals surface area contributed by atoms with Crippen LogP contribution in [-0.2, 0) is 9.53 Å². The number of nitrogens with zero attached hydrogens (tertiary/aromatic N) is 1. The van der Waals surface area contributed by atoms with Gasteiger partial charge in [0, 0.05) is 6.20 Å². The van der Waals surface area contributed by atoms with Crippen LogP contribution in [0, 0.1) is 5.82 Å². The van der Waals surface area contributed by atoms with Gasteiger partial charge in [-0.05, 0) is 12.1 Å². The van der Waals surface area contributed by atoms with Gasteiger partial charge in [-0.15, -0.1) is 0 Å². The van der Waals surface area contributed by atoms with Gasteiger partial charge in [0.25, 0.3) is 0 Å². The van der Waals surface area contributed by atoms with Crippen LogP contribution in [0.4, 0.5) is 4.39 Å². The van der Waals surface area contributed by atoms with E-state index in [1.165, 1.54) is 13.3 Å². The number of aliphatic hydroxyl groups is 1. The Morgan fingerprint density at radius 3 is 3.07 bits per heavy atom. The second kappa shape index (κ2) is 4.66. The monoisotopic (exact) mass is 199 g/mol. The van der Waals surface area contributed by atoms with Gasteiger partial charge in [-0.3, -0.25) is 9.78 Å². The Morgan fingerprint density at radius 1 is 1.79 bits per heavy atom. The first-order valence-electron chi connectivity index (χ1n) is 4.00. The van der Waals surface area contributed by atoms with Crippen molar-refractivity contribution >= 4 is 5.97 Å². The van der Waals surface area contributed by atoms with Crippen LogP contribution in [0.1, 0.15) is 18.2 Å². The number of rotatable bonds is 3. The van der Waals surface area contributed by atoms with Gasteiger partial charge >= 0.3 is 5.97 Å². The van der Waals surface area contributed by atoms with Gasteiger partial charge in [-0.1, -0.05) is 0 Å². The Hall–Kier alpha value is -1.49. The molecule has 0 bridgehead atoms. The zero-order chi connectivity index (χ0) is 10.6. The first-order chi connectivity index (χ1) is 6.63. The molecule has 4 nitrogen and oxygen atoms in total. The molecule has 0 fully saturated rings. The lowest BCUT2D eigenvalue weighted by molar-refractivity contribution is -0.142. The molecular weight excluding hydrogens is 189 g/mol. The van der Waals surface area contributed by atoms with Crippen molar-refractivity contribution in [3.63, 3.8) is 0 Å². The number of halogens is 1. The van der Waals surface area contributed by atoms with Crippen molar-refractivity contribution in [3.05, 3.63) is 29.8 Å². The largest absolute Gasteiger partial charge is 0.469 e. The van der Waals surface area contributed by atoms with Crippen molar-refractivity contribution in [2.75, 3.05) is 7.11 Å². The normalized spacial score (nSPS) is 12.2. The number of hydrogen-bond acceptors (Lipinski definition) is 4. The second-order valence-corrected chi connectivity index (χ2v) is 2.69. The van der Waals surface area contributed by atoms with E-state index in [2.05, 4.69) is 9.72 Å². The Morgan fingerprint density at radius 2 is 2.50 bits per heavy atom. The van der Waals surface area contributed by atoms with Gasteiger partial charge in [0.05, 0.1) is 19.2 Å². The predicted molar refractivity (Wildman–Crippen MR) is 45.8 cm³/mol. The van der Waals surface area contributed by atoms with Crippen molar-refractivity contribution < 1.29 is 19.0 Å². The molecular formula is C9H10FNO3. The number of ether oxygens (including phenoxy) is 1. The van der Waals surface area contributed by atoms with Crippen LogP contribution >= 0.6 is 0 Å². The van der Waals surface area contributed by atoms with Gasteiger partial charge in [0.2, 0.25) is 0 Å². The number of pyridine rings is 1. The molecule has 0 unspecified atom stereocenters. The van der Waals surface area contributed by atoms with Crippen molar-refractivity contribution in [1.29, 1.82) is 0 Å². The minimum atomic E-state index is -1.13. The predicted octanol–water partition coefficient (Wildman–Crippen LogP) is 0.817. The number of methoxy groups -OCH3 is 1. The maximum absolute atomic E-state index is 12.7. The van der Waals surface area contributed by atoms with Crippen LogP contribution in [0.25, 0.3) is 0 Å². The Bertz CT molecular complexity index is 330. The first-order valence-corrected chi connectivity index (χ1v) is 4.00. The summed E-state index contributed by atoms with van der Waals surface area (Å²) in [4.78, 5) is 14.5. The third kappa shape index (κ3) is 2.77. The number of hydrogen-bond donors (Lipinski definition) is 1. The second-order valence-electron chi connectivity index (χ2n) is 2.69. The van der Waals surface area contributed by atoms with Crippen LogP contribution in [-0.4, -0.2) is 23.2 Å². The summed E-state index contributed by atoms with van der Waals surface area (Å²) < 4.78 is 17.0. The fraction of sp³-hybridized carbons (Fsp3) is 0.333. The smallest absolute Gasteiger partial charge is 0.308 e. The lowest BCUT2D eigenvalue weighted by Gasteiger charge is -2.07. The van der Waals surface area contributed by atoms with Gasteiger partial charge < -0.3 is 9.84 Å². The summed E-state index contributed by atoms with van der Waals surface area (Å²) in [6, 6.07) is 2.24. The highest BCUT2D eigenvalue weighted by molar-refractivity contribution is 5.69. The third-order valence-electron chi connectivity index (χ3n) is 1.67. The summed E-state index contributed by atoms with van der Waals surface area (Å²) in [6.07, 6.45) is -0.129. The lowest BCUT2D eigenvalue weighted by atomic mass is 10.1. The van der Waals surface area contributed by atoms with Gasteiger partial charge in [0.15, 0.2) is 0 Å². The Balaban J connectivity index is 2.69. The Kier molecular flexibility index (Phi) is 3.53. The number of carbonyl (C=O) groups excluding carboxylic acids is 1. The fourth-order valence-electron chi connectivity index (χ4n) is 0.949. The van der Waals surface area contributed by atoms with E-state index in [1.54, 1.807) is 0 Å². The minimum absolute atomic E-state index is 0.121. The number of esters is 1. The number of carbonyl (C=O) groups is 1. The number of aromatic nitrogens is 1. The summed E-state index contributed by atoms with van der Waals surface area (Å²) in [5.41, 5.74) is 0.121. The van der Waals surface area contributed by atoms with E-state index < -0.39 is 17.9 Å². The van der Waals surface area contributed by atoms with Crippen LogP contribution in [0.15, 0.2) is 18.3 Å². The molecule has 1 rings (SSSR count). The van der Waals surface area contributed by atoms with E-state index >= 15 is 0 Å². The molecule has 76 valence electrons. The van der Waals surface area contributed by atoms with E-state index in [-0.39, 0.29) is 12.1 Å². The van der Waals surface area contributed by atoms with Gasteiger partial charge in [-0.25, -0.2) is 4.39 Å². The van der Waals surface area contributed by atoms with E-state index in [0.717, 1.165) is 12.1 Å². The SMILES string of the molecule is COC(=O)C[C@H](O)c1cc(F)ccn1. The van der Waals surface area contributed by atoms with Crippen LogP contribution in [0.3, 0.4) is 0 Å². The number of aliphatic hydroxyl groups excluding tert-OH is 1. The zero-order valence-corrected chi connectivity index (χ0v) is 7.61. The standard InChI is InChI=1S/C9H10FNO3/c1-14-9(13)5-8(12)7-4-6(10)2-3-11-7/h2-4,8,12H,5H2,1H3/t8-/m0/s1. The third-order valence-corrected chi connectivity index (χ3v) is 1.67. The zero-order valence-electron chi connectivity index (χ0n) is 7.61. The fourth-order valence-corrected chi connectivity index (χ4v) is 0.949. The van der Waals surface area contributed by atoms with E-state index in [0.29, 0.717) is 0 Å². The highest BCUT2D eigenvalue weighted by atomic mass is 19.1. The molecule has 0 aliphatic rings. The molecule has 1 N–H and O–H groups in total. The van der Waals surface area contributed by atoms with Crippen LogP contribution in [0.2, 0.25) is 0 Å².